The molecule has 6 nitrogen and oxygen atoms in total. The maximum Gasteiger partial charge on any atom is 0.253 e. The molecular formula is C16H17N5O. The number of nitrogens with one attached hydrogen (secondary N) is 1. The van der Waals surface area contributed by atoms with Crippen molar-refractivity contribution in [1.29, 1.82) is 0 Å². The first-order chi connectivity index (χ1) is 10.6. The second-order valence-electron chi connectivity index (χ2n) is 5.16. The summed E-state index contributed by atoms with van der Waals surface area (Å²) in [7, 11) is 3.46. The highest BCUT2D eigenvalue weighted by Gasteiger charge is 2.09. The molecule has 0 saturated carbocycles. The van der Waals surface area contributed by atoms with Crippen molar-refractivity contribution in [2.75, 3.05) is 19.4 Å². The first kappa shape index (κ1) is 14.1. The molecule has 3 aromatic heterocycles. The van der Waals surface area contributed by atoms with E-state index in [1.165, 1.54) is 0 Å². The fourth-order valence-corrected chi connectivity index (χ4v) is 2.22. The zero-order chi connectivity index (χ0) is 15.5. The predicted octanol–water partition coefficient (Wildman–Crippen LogP) is 2.04. The van der Waals surface area contributed by atoms with Crippen molar-refractivity contribution in [2.45, 2.75) is 6.54 Å². The SMILES string of the molecule is CN(C)C(=O)c1ccnc(NCc2cnc3ccccn23)c1. The van der Waals surface area contributed by atoms with Gasteiger partial charge >= 0.3 is 0 Å². The molecular weight excluding hydrogens is 278 g/mol. The van der Waals surface area contributed by atoms with Gasteiger partial charge in [-0.3, -0.25) is 4.79 Å². The molecule has 0 aromatic carbocycles. The number of imidazole rings is 1. The Morgan fingerprint density at radius 1 is 1.27 bits per heavy atom. The minimum absolute atomic E-state index is 0.0414. The Balaban J connectivity index is 1.77. The van der Waals surface area contributed by atoms with Gasteiger partial charge in [-0.25, -0.2) is 9.97 Å². The number of nitrogens with zero attached hydrogens (tertiary/aromatic N) is 4. The Labute approximate surface area is 128 Å². The lowest BCUT2D eigenvalue weighted by atomic mass is 10.2. The van der Waals surface area contributed by atoms with Gasteiger partial charge in [-0.15, -0.1) is 0 Å². The third-order valence-corrected chi connectivity index (χ3v) is 3.36. The highest BCUT2D eigenvalue weighted by atomic mass is 16.2. The summed E-state index contributed by atoms with van der Waals surface area (Å²) in [6.07, 6.45) is 5.43. The van der Waals surface area contributed by atoms with Crippen molar-refractivity contribution >= 4 is 17.4 Å². The number of hydrogen-bond donors (Lipinski definition) is 1. The smallest absolute Gasteiger partial charge is 0.253 e. The molecule has 0 atom stereocenters. The van der Waals surface area contributed by atoms with Crippen LogP contribution >= 0.6 is 0 Å². The van der Waals surface area contributed by atoms with E-state index >= 15 is 0 Å². The number of carbonyl (C=O) groups excluding carboxylic acids is 1. The molecule has 6 heteroatoms. The summed E-state index contributed by atoms with van der Waals surface area (Å²) in [5, 5.41) is 3.23. The molecule has 0 radical (unpaired) electrons. The van der Waals surface area contributed by atoms with Gasteiger partial charge in [0.15, 0.2) is 0 Å². The van der Waals surface area contributed by atoms with E-state index in [0.29, 0.717) is 17.9 Å². The predicted molar refractivity (Wildman–Crippen MR) is 84.8 cm³/mol. The number of aromatic nitrogens is 3. The molecule has 22 heavy (non-hydrogen) atoms. The average Bonchev–Trinajstić information content (AvgIpc) is 2.95. The van der Waals surface area contributed by atoms with E-state index in [4.69, 9.17) is 0 Å². The van der Waals surface area contributed by atoms with Crippen LogP contribution in [0.2, 0.25) is 0 Å². The maximum atomic E-state index is 12.0. The van der Waals surface area contributed by atoms with Crippen molar-refractivity contribution in [3.8, 4) is 0 Å². The standard InChI is InChI=1S/C16H17N5O/c1-20(2)16(22)12-6-7-17-14(9-12)18-10-13-11-19-15-5-3-4-8-21(13)15/h3-9,11H,10H2,1-2H3,(H,17,18). The van der Waals surface area contributed by atoms with Crippen LogP contribution in [0.15, 0.2) is 48.9 Å². The molecule has 3 heterocycles. The van der Waals surface area contributed by atoms with E-state index in [1.807, 2.05) is 35.0 Å². The van der Waals surface area contributed by atoms with Gasteiger partial charge in [0.1, 0.15) is 11.5 Å². The van der Waals surface area contributed by atoms with Crippen LogP contribution in [0.3, 0.4) is 0 Å². The highest BCUT2D eigenvalue weighted by Crippen LogP contribution is 2.11. The summed E-state index contributed by atoms with van der Waals surface area (Å²) >= 11 is 0. The molecule has 0 fully saturated rings. The van der Waals surface area contributed by atoms with Crippen LogP contribution in [0.25, 0.3) is 5.65 Å². The molecule has 3 aromatic rings. The van der Waals surface area contributed by atoms with Gasteiger partial charge < -0.3 is 14.6 Å². The van der Waals surface area contributed by atoms with Crippen LogP contribution < -0.4 is 5.32 Å². The Hall–Kier alpha value is -2.89. The van der Waals surface area contributed by atoms with Crippen molar-refractivity contribution < 1.29 is 4.79 Å². The summed E-state index contributed by atoms with van der Waals surface area (Å²) in [6.45, 7) is 0.581. The molecule has 1 N–H and O–H groups in total. The Morgan fingerprint density at radius 2 is 2.14 bits per heavy atom. The molecule has 0 bridgehead atoms. The molecule has 0 spiro atoms. The minimum Gasteiger partial charge on any atom is -0.364 e. The fraction of sp³-hybridized carbons (Fsp3) is 0.188. The Bertz CT molecular complexity index is 809. The molecule has 3 rings (SSSR count). The zero-order valence-electron chi connectivity index (χ0n) is 12.5. The molecule has 0 aliphatic carbocycles. The van der Waals surface area contributed by atoms with Crippen LogP contribution in [0.1, 0.15) is 16.1 Å². The normalized spacial score (nSPS) is 10.6. The van der Waals surface area contributed by atoms with Gasteiger partial charge in [0.2, 0.25) is 0 Å². The van der Waals surface area contributed by atoms with Gasteiger partial charge in [-0.1, -0.05) is 6.07 Å². The Kier molecular flexibility index (Phi) is 3.74. The third-order valence-electron chi connectivity index (χ3n) is 3.36. The van der Waals surface area contributed by atoms with E-state index in [9.17, 15) is 4.79 Å². The van der Waals surface area contributed by atoms with E-state index < -0.39 is 0 Å². The number of amides is 1. The lowest BCUT2D eigenvalue weighted by Gasteiger charge is -2.11. The van der Waals surface area contributed by atoms with Crippen molar-refractivity contribution in [3.05, 3.63) is 60.2 Å². The van der Waals surface area contributed by atoms with Crippen molar-refractivity contribution in [3.63, 3.8) is 0 Å². The lowest BCUT2D eigenvalue weighted by molar-refractivity contribution is 0.0827. The monoisotopic (exact) mass is 295 g/mol. The fourth-order valence-electron chi connectivity index (χ4n) is 2.22. The van der Waals surface area contributed by atoms with Gasteiger partial charge in [0, 0.05) is 32.1 Å². The van der Waals surface area contributed by atoms with Crippen LogP contribution in [0.5, 0.6) is 0 Å². The van der Waals surface area contributed by atoms with Gasteiger partial charge in [0.25, 0.3) is 5.91 Å². The molecule has 112 valence electrons. The number of hydrogen-bond acceptors (Lipinski definition) is 4. The van der Waals surface area contributed by atoms with E-state index in [-0.39, 0.29) is 5.91 Å². The molecule has 0 aliphatic rings. The van der Waals surface area contributed by atoms with Crippen LogP contribution in [-0.2, 0) is 6.54 Å². The van der Waals surface area contributed by atoms with Crippen molar-refractivity contribution in [1.82, 2.24) is 19.3 Å². The zero-order valence-corrected chi connectivity index (χ0v) is 12.5. The summed E-state index contributed by atoms with van der Waals surface area (Å²) in [5.74, 6) is 0.624. The minimum atomic E-state index is -0.0414. The number of carbonyl (C=O) groups is 1. The van der Waals surface area contributed by atoms with Crippen LogP contribution in [-0.4, -0.2) is 39.3 Å². The molecule has 0 unspecified atom stereocenters. The van der Waals surface area contributed by atoms with Crippen LogP contribution in [0, 0.1) is 0 Å². The Morgan fingerprint density at radius 3 is 2.95 bits per heavy atom. The first-order valence-electron chi connectivity index (χ1n) is 6.97. The van der Waals surface area contributed by atoms with Gasteiger partial charge in [0.05, 0.1) is 18.4 Å². The van der Waals surface area contributed by atoms with E-state index in [2.05, 4.69) is 15.3 Å². The molecule has 0 saturated heterocycles. The highest BCUT2D eigenvalue weighted by molar-refractivity contribution is 5.94. The lowest BCUT2D eigenvalue weighted by Crippen LogP contribution is -2.21. The quantitative estimate of drug-likeness (QED) is 0.800. The number of fused-ring (bicyclic) bond motifs is 1. The van der Waals surface area contributed by atoms with Crippen LogP contribution in [0.4, 0.5) is 5.82 Å². The largest absolute Gasteiger partial charge is 0.364 e. The number of anilines is 1. The second-order valence-corrected chi connectivity index (χ2v) is 5.16. The maximum absolute atomic E-state index is 12.0. The summed E-state index contributed by atoms with van der Waals surface area (Å²) in [6, 6.07) is 9.34. The topological polar surface area (TPSA) is 62.5 Å². The summed E-state index contributed by atoms with van der Waals surface area (Å²) < 4.78 is 2.02. The van der Waals surface area contributed by atoms with Gasteiger partial charge in [-0.2, -0.15) is 0 Å². The summed E-state index contributed by atoms with van der Waals surface area (Å²) in [4.78, 5) is 22.1. The number of rotatable bonds is 4. The first-order valence-corrected chi connectivity index (χ1v) is 6.97. The van der Waals surface area contributed by atoms with Crippen molar-refractivity contribution in [2.24, 2.45) is 0 Å². The summed E-state index contributed by atoms with van der Waals surface area (Å²) in [5.41, 5.74) is 2.55. The second kappa shape index (κ2) is 5.85. The molecule has 0 aliphatic heterocycles. The number of pyridine rings is 2. The van der Waals surface area contributed by atoms with E-state index in [1.54, 1.807) is 37.3 Å². The average molecular weight is 295 g/mol. The van der Waals surface area contributed by atoms with Gasteiger partial charge in [-0.05, 0) is 24.3 Å². The molecule has 1 amide bonds. The third kappa shape index (κ3) is 2.76. The van der Waals surface area contributed by atoms with E-state index in [0.717, 1.165) is 11.3 Å².